The van der Waals surface area contributed by atoms with E-state index in [1.807, 2.05) is 12.4 Å². The second kappa shape index (κ2) is 5.40. The average molecular weight is 246 g/mol. The van der Waals surface area contributed by atoms with E-state index in [0.29, 0.717) is 17.5 Å². The topological polar surface area (TPSA) is 24.9 Å². The lowest BCUT2D eigenvalue weighted by atomic mass is 9.70. The van der Waals surface area contributed by atoms with Crippen LogP contribution in [0.25, 0.3) is 0 Å². The third-order valence-electron chi connectivity index (χ3n) is 4.36. The Labute approximate surface area is 111 Å². The zero-order valence-electron chi connectivity index (χ0n) is 12.1. The predicted molar refractivity (Wildman–Crippen MR) is 76.4 cm³/mol. The van der Waals surface area contributed by atoms with Gasteiger partial charge in [-0.15, -0.1) is 0 Å². The highest BCUT2D eigenvalue weighted by Crippen LogP contribution is 2.39. The van der Waals surface area contributed by atoms with E-state index in [4.69, 9.17) is 0 Å². The molecule has 1 heterocycles. The van der Waals surface area contributed by atoms with Gasteiger partial charge in [0.25, 0.3) is 0 Å². The minimum Gasteiger partial charge on any atom is -0.307 e. The Morgan fingerprint density at radius 3 is 2.61 bits per heavy atom. The average Bonchev–Trinajstić information content (AvgIpc) is 2.33. The van der Waals surface area contributed by atoms with Crippen LogP contribution in [0, 0.1) is 11.3 Å². The van der Waals surface area contributed by atoms with E-state index < -0.39 is 0 Å². The van der Waals surface area contributed by atoms with Crippen molar-refractivity contribution in [1.29, 1.82) is 0 Å². The van der Waals surface area contributed by atoms with Crippen LogP contribution in [0.5, 0.6) is 0 Å². The van der Waals surface area contributed by atoms with Gasteiger partial charge in [0.05, 0.1) is 0 Å². The third kappa shape index (κ3) is 3.32. The summed E-state index contributed by atoms with van der Waals surface area (Å²) in [5.74, 6) is 0.762. The lowest BCUT2D eigenvalue weighted by molar-refractivity contribution is 0.143. The summed E-state index contributed by atoms with van der Waals surface area (Å²) in [5.41, 5.74) is 1.86. The van der Waals surface area contributed by atoms with Crippen LogP contribution in [0.15, 0.2) is 24.5 Å². The Hall–Kier alpha value is -0.890. The molecule has 2 nitrogen and oxygen atoms in total. The van der Waals surface area contributed by atoms with Crippen molar-refractivity contribution in [3.8, 4) is 0 Å². The summed E-state index contributed by atoms with van der Waals surface area (Å²) in [6, 6.07) is 5.28. The number of hydrogen-bond acceptors (Lipinski definition) is 2. The van der Waals surface area contributed by atoms with E-state index in [-0.39, 0.29) is 0 Å². The third-order valence-corrected chi connectivity index (χ3v) is 4.36. The number of nitrogens with one attached hydrogen (secondary N) is 1. The van der Waals surface area contributed by atoms with Gasteiger partial charge >= 0.3 is 0 Å². The van der Waals surface area contributed by atoms with Crippen molar-refractivity contribution in [2.45, 2.75) is 59.0 Å². The van der Waals surface area contributed by atoms with Crippen LogP contribution in [-0.4, -0.2) is 11.0 Å². The molecule has 1 fully saturated rings. The van der Waals surface area contributed by atoms with Crippen molar-refractivity contribution in [2.75, 3.05) is 0 Å². The second-order valence-corrected chi connectivity index (χ2v) is 6.66. The van der Waals surface area contributed by atoms with Crippen LogP contribution in [0.2, 0.25) is 0 Å². The molecule has 100 valence electrons. The summed E-state index contributed by atoms with van der Waals surface area (Å²) in [7, 11) is 0. The molecule has 0 amide bonds. The number of aromatic nitrogens is 1. The van der Waals surface area contributed by atoms with Crippen LogP contribution in [0.1, 0.15) is 58.6 Å². The van der Waals surface area contributed by atoms with Crippen LogP contribution in [0.4, 0.5) is 0 Å². The van der Waals surface area contributed by atoms with Crippen molar-refractivity contribution in [1.82, 2.24) is 10.3 Å². The lowest BCUT2D eigenvalue weighted by Crippen LogP contribution is -2.42. The molecule has 2 heteroatoms. The summed E-state index contributed by atoms with van der Waals surface area (Å²) in [5, 5.41) is 3.79. The fourth-order valence-corrected chi connectivity index (χ4v) is 3.26. The quantitative estimate of drug-likeness (QED) is 0.873. The molecule has 0 radical (unpaired) electrons. The lowest BCUT2D eigenvalue weighted by Gasteiger charge is -2.40. The standard InChI is InChI=1S/C16H26N2/c1-12-11-16(3,4)8-5-15(12)18-13(2)14-6-9-17-10-7-14/h6-7,9-10,12-13,15,18H,5,8,11H2,1-4H3/t12?,13-,15?/m0/s1. The maximum atomic E-state index is 4.08. The maximum Gasteiger partial charge on any atom is 0.0295 e. The van der Waals surface area contributed by atoms with Crippen molar-refractivity contribution in [3.05, 3.63) is 30.1 Å². The molecule has 1 N–H and O–H groups in total. The highest BCUT2D eigenvalue weighted by molar-refractivity contribution is 5.14. The van der Waals surface area contributed by atoms with E-state index in [1.165, 1.54) is 24.8 Å². The molecule has 3 atom stereocenters. The summed E-state index contributed by atoms with van der Waals surface area (Å²) in [6.07, 6.45) is 7.71. The SMILES string of the molecule is CC1CC(C)(C)CCC1N[C@@H](C)c1ccncc1. The van der Waals surface area contributed by atoms with E-state index in [1.54, 1.807) is 0 Å². The zero-order chi connectivity index (χ0) is 13.2. The minimum absolute atomic E-state index is 0.418. The van der Waals surface area contributed by atoms with Gasteiger partial charge in [-0.05, 0) is 55.2 Å². The summed E-state index contributed by atoms with van der Waals surface area (Å²) in [4.78, 5) is 4.08. The maximum absolute atomic E-state index is 4.08. The van der Waals surface area contributed by atoms with Gasteiger partial charge in [-0.25, -0.2) is 0 Å². The summed E-state index contributed by atoms with van der Waals surface area (Å²) >= 11 is 0. The molecule has 2 rings (SSSR count). The second-order valence-electron chi connectivity index (χ2n) is 6.66. The molecule has 1 aliphatic rings. The molecule has 0 aliphatic heterocycles. The molecular formula is C16H26N2. The minimum atomic E-state index is 0.418. The van der Waals surface area contributed by atoms with Gasteiger partial charge in [0.1, 0.15) is 0 Å². The Bertz CT molecular complexity index is 372. The highest BCUT2D eigenvalue weighted by atomic mass is 15.0. The molecule has 1 aliphatic carbocycles. The Morgan fingerprint density at radius 2 is 2.00 bits per heavy atom. The van der Waals surface area contributed by atoms with E-state index in [9.17, 15) is 0 Å². The van der Waals surface area contributed by atoms with Gasteiger partial charge in [0.2, 0.25) is 0 Å². The fourth-order valence-electron chi connectivity index (χ4n) is 3.26. The Kier molecular flexibility index (Phi) is 4.06. The van der Waals surface area contributed by atoms with Crippen molar-refractivity contribution in [2.24, 2.45) is 11.3 Å². The monoisotopic (exact) mass is 246 g/mol. The van der Waals surface area contributed by atoms with Gasteiger partial charge < -0.3 is 5.32 Å². The highest BCUT2D eigenvalue weighted by Gasteiger charge is 2.32. The van der Waals surface area contributed by atoms with Gasteiger partial charge in [-0.2, -0.15) is 0 Å². The Balaban J connectivity index is 1.94. The van der Waals surface area contributed by atoms with Crippen molar-refractivity contribution < 1.29 is 0 Å². The first kappa shape index (κ1) is 13.5. The van der Waals surface area contributed by atoms with Gasteiger partial charge in [0, 0.05) is 24.5 Å². The number of hydrogen-bond donors (Lipinski definition) is 1. The summed E-state index contributed by atoms with van der Waals surface area (Å²) in [6.45, 7) is 9.43. The van der Waals surface area contributed by atoms with Crippen LogP contribution in [-0.2, 0) is 0 Å². The van der Waals surface area contributed by atoms with Crippen LogP contribution < -0.4 is 5.32 Å². The molecule has 2 unspecified atom stereocenters. The van der Waals surface area contributed by atoms with Crippen molar-refractivity contribution in [3.63, 3.8) is 0 Å². The smallest absolute Gasteiger partial charge is 0.0295 e. The van der Waals surface area contributed by atoms with Gasteiger partial charge in [-0.1, -0.05) is 20.8 Å². The van der Waals surface area contributed by atoms with Gasteiger partial charge in [0.15, 0.2) is 0 Å². The first-order valence-electron chi connectivity index (χ1n) is 7.14. The molecule has 1 saturated carbocycles. The van der Waals surface area contributed by atoms with E-state index >= 15 is 0 Å². The Morgan fingerprint density at radius 1 is 1.33 bits per heavy atom. The fraction of sp³-hybridized carbons (Fsp3) is 0.688. The summed E-state index contributed by atoms with van der Waals surface area (Å²) < 4.78 is 0. The molecule has 0 bridgehead atoms. The molecule has 0 saturated heterocycles. The van der Waals surface area contributed by atoms with Gasteiger partial charge in [-0.3, -0.25) is 4.98 Å². The first-order valence-corrected chi connectivity index (χ1v) is 7.14. The molecule has 18 heavy (non-hydrogen) atoms. The number of pyridine rings is 1. The molecule has 0 aromatic carbocycles. The van der Waals surface area contributed by atoms with Crippen molar-refractivity contribution >= 4 is 0 Å². The molecule has 1 aromatic rings. The predicted octanol–water partition coefficient (Wildman–Crippen LogP) is 3.95. The molecule has 1 aromatic heterocycles. The first-order chi connectivity index (χ1) is 8.48. The molecular weight excluding hydrogens is 220 g/mol. The van der Waals surface area contributed by atoms with Crippen LogP contribution >= 0.6 is 0 Å². The number of rotatable bonds is 3. The van der Waals surface area contributed by atoms with E-state index in [0.717, 1.165) is 5.92 Å². The van der Waals surface area contributed by atoms with Crippen LogP contribution in [0.3, 0.4) is 0 Å². The largest absolute Gasteiger partial charge is 0.307 e. The normalized spacial score (nSPS) is 28.9. The number of nitrogens with zero attached hydrogens (tertiary/aromatic N) is 1. The van der Waals surface area contributed by atoms with E-state index in [2.05, 4.69) is 50.1 Å². The zero-order valence-corrected chi connectivity index (χ0v) is 12.1. The molecule has 0 spiro atoms.